The second-order valence-corrected chi connectivity index (χ2v) is 4.72. The Hall–Kier alpha value is -2.82. The third-order valence-corrected chi connectivity index (χ3v) is 3.22. The maximum absolute atomic E-state index is 12.4. The first-order valence-electron chi connectivity index (χ1n) is 6.31. The largest absolute Gasteiger partial charge is 0.508 e. The van der Waals surface area contributed by atoms with Crippen molar-refractivity contribution in [1.82, 2.24) is 0 Å². The third kappa shape index (κ3) is 3.02. The van der Waals surface area contributed by atoms with Crippen LogP contribution < -0.4 is 4.90 Å². The standard InChI is InChI=1S/C16H15NO4/c1-10-9-12(16(20)21)5-8-14(10)17(2)15(19)11-3-6-13(18)7-4-11/h3-9,18H,1-2H3,(H,20,21). The van der Waals surface area contributed by atoms with Gasteiger partial charge in [-0.05, 0) is 55.0 Å². The first kappa shape index (κ1) is 14.6. The lowest BCUT2D eigenvalue weighted by Crippen LogP contribution is -2.26. The second-order valence-electron chi connectivity index (χ2n) is 4.72. The highest BCUT2D eigenvalue weighted by atomic mass is 16.4. The van der Waals surface area contributed by atoms with Crippen LogP contribution in [0.4, 0.5) is 5.69 Å². The summed E-state index contributed by atoms with van der Waals surface area (Å²) < 4.78 is 0. The van der Waals surface area contributed by atoms with Gasteiger partial charge in [-0.25, -0.2) is 4.79 Å². The molecule has 0 fully saturated rings. The van der Waals surface area contributed by atoms with Crippen molar-refractivity contribution in [3.63, 3.8) is 0 Å². The molecule has 0 spiro atoms. The molecule has 21 heavy (non-hydrogen) atoms. The molecule has 0 unspecified atom stereocenters. The highest BCUT2D eigenvalue weighted by Gasteiger charge is 2.16. The molecule has 5 nitrogen and oxygen atoms in total. The number of phenols is 1. The van der Waals surface area contributed by atoms with E-state index in [2.05, 4.69) is 0 Å². The van der Waals surface area contributed by atoms with Crippen molar-refractivity contribution >= 4 is 17.6 Å². The van der Waals surface area contributed by atoms with Crippen LogP contribution in [-0.4, -0.2) is 29.1 Å². The van der Waals surface area contributed by atoms with Gasteiger partial charge in [-0.15, -0.1) is 0 Å². The molecule has 0 saturated heterocycles. The van der Waals surface area contributed by atoms with Crippen LogP contribution >= 0.6 is 0 Å². The Morgan fingerprint density at radius 2 is 1.57 bits per heavy atom. The Balaban J connectivity index is 2.31. The van der Waals surface area contributed by atoms with E-state index in [0.29, 0.717) is 16.8 Å². The lowest BCUT2D eigenvalue weighted by molar-refractivity contribution is 0.0696. The van der Waals surface area contributed by atoms with E-state index in [0.717, 1.165) is 0 Å². The van der Waals surface area contributed by atoms with E-state index in [4.69, 9.17) is 5.11 Å². The number of amides is 1. The number of aromatic hydroxyl groups is 1. The number of nitrogens with zero attached hydrogens (tertiary/aromatic N) is 1. The Morgan fingerprint density at radius 1 is 1.00 bits per heavy atom. The van der Waals surface area contributed by atoms with Crippen LogP contribution in [0.2, 0.25) is 0 Å². The molecule has 0 heterocycles. The molecular weight excluding hydrogens is 270 g/mol. The first-order chi connectivity index (χ1) is 9.90. The van der Waals surface area contributed by atoms with Crippen molar-refractivity contribution in [2.75, 3.05) is 11.9 Å². The molecule has 0 bridgehead atoms. The third-order valence-electron chi connectivity index (χ3n) is 3.22. The van der Waals surface area contributed by atoms with Crippen molar-refractivity contribution in [1.29, 1.82) is 0 Å². The van der Waals surface area contributed by atoms with Gasteiger partial charge in [-0.3, -0.25) is 4.79 Å². The number of hydrogen-bond donors (Lipinski definition) is 2. The summed E-state index contributed by atoms with van der Waals surface area (Å²) in [6, 6.07) is 10.6. The molecule has 2 rings (SSSR count). The minimum atomic E-state index is -1.00. The molecule has 0 atom stereocenters. The van der Waals surface area contributed by atoms with Crippen molar-refractivity contribution in [3.05, 3.63) is 59.2 Å². The predicted molar refractivity (Wildman–Crippen MR) is 79.0 cm³/mol. The summed E-state index contributed by atoms with van der Waals surface area (Å²) in [4.78, 5) is 24.7. The first-order valence-corrected chi connectivity index (χ1v) is 6.31. The van der Waals surface area contributed by atoms with E-state index < -0.39 is 5.97 Å². The molecule has 0 aromatic heterocycles. The quantitative estimate of drug-likeness (QED) is 0.908. The SMILES string of the molecule is Cc1cc(C(=O)O)ccc1N(C)C(=O)c1ccc(O)cc1. The van der Waals surface area contributed by atoms with Crippen molar-refractivity contribution in [2.24, 2.45) is 0 Å². The van der Waals surface area contributed by atoms with Crippen LogP contribution in [0.25, 0.3) is 0 Å². The number of phenolic OH excluding ortho intramolecular Hbond substituents is 1. The highest BCUT2D eigenvalue weighted by molar-refractivity contribution is 6.06. The van der Waals surface area contributed by atoms with Crippen molar-refractivity contribution < 1.29 is 19.8 Å². The summed E-state index contributed by atoms with van der Waals surface area (Å²) >= 11 is 0. The van der Waals surface area contributed by atoms with E-state index in [1.165, 1.54) is 41.3 Å². The average molecular weight is 285 g/mol. The predicted octanol–water partition coefficient (Wildman–Crippen LogP) is 2.68. The summed E-state index contributed by atoms with van der Waals surface area (Å²) in [7, 11) is 1.62. The Labute approximate surface area is 122 Å². The number of aromatic carboxylic acids is 1. The number of anilines is 1. The topological polar surface area (TPSA) is 77.8 Å². The fourth-order valence-electron chi connectivity index (χ4n) is 2.07. The zero-order chi connectivity index (χ0) is 15.6. The van der Waals surface area contributed by atoms with Gasteiger partial charge >= 0.3 is 5.97 Å². The van der Waals surface area contributed by atoms with E-state index in [1.807, 2.05) is 0 Å². The minimum Gasteiger partial charge on any atom is -0.508 e. The molecule has 2 aromatic carbocycles. The zero-order valence-electron chi connectivity index (χ0n) is 11.7. The molecule has 2 N–H and O–H groups in total. The van der Waals surface area contributed by atoms with Gasteiger partial charge in [0.05, 0.1) is 5.56 Å². The smallest absolute Gasteiger partial charge is 0.335 e. The van der Waals surface area contributed by atoms with E-state index in [9.17, 15) is 14.7 Å². The van der Waals surface area contributed by atoms with Crippen LogP contribution in [0.1, 0.15) is 26.3 Å². The molecule has 0 radical (unpaired) electrons. The van der Waals surface area contributed by atoms with Crippen molar-refractivity contribution in [2.45, 2.75) is 6.92 Å². The molecule has 1 amide bonds. The molecule has 0 aliphatic rings. The summed E-state index contributed by atoms with van der Waals surface area (Å²) in [5.41, 5.74) is 1.96. The van der Waals surface area contributed by atoms with Crippen LogP contribution in [0.3, 0.4) is 0 Å². The monoisotopic (exact) mass is 285 g/mol. The summed E-state index contributed by atoms with van der Waals surface area (Å²) in [6.45, 7) is 1.75. The fraction of sp³-hybridized carbons (Fsp3) is 0.125. The zero-order valence-corrected chi connectivity index (χ0v) is 11.7. The van der Waals surface area contributed by atoms with Gasteiger partial charge in [-0.1, -0.05) is 0 Å². The molecule has 2 aromatic rings. The van der Waals surface area contributed by atoms with Gasteiger partial charge < -0.3 is 15.1 Å². The normalized spacial score (nSPS) is 10.2. The Morgan fingerprint density at radius 3 is 2.10 bits per heavy atom. The van der Waals surface area contributed by atoms with Crippen LogP contribution in [0, 0.1) is 6.92 Å². The minimum absolute atomic E-state index is 0.0937. The maximum atomic E-state index is 12.4. The summed E-state index contributed by atoms with van der Waals surface area (Å²) in [5, 5.41) is 18.2. The second kappa shape index (κ2) is 5.66. The number of rotatable bonds is 3. The number of carbonyl (C=O) groups excluding carboxylic acids is 1. The van der Waals surface area contributed by atoms with E-state index >= 15 is 0 Å². The van der Waals surface area contributed by atoms with Gasteiger partial charge in [0.25, 0.3) is 5.91 Å². The van der Waals surface area contributed by atoms with Crippen LogP contribution in [-0.2, 0) is 0 Å². The van der Waals surface area contributed by atoms with Crippen molar-refractivity contribution in [3.8, 4) is 5.75 Å². The average Bonchev–Trinajstić information content (AvgIpc) is 2.46. The van der Waals surface area contributed by atoms with Gasteiger partial charge in [-0.2, -0.15) is 0 Å². The number of benzene rings is 2. The van der Waals surface area contributed by atoms with Crippen LogP contribution in [0.15, 0.2) is 42.5 Å². The summed E-state index contributed by atoms with van der Waals surface area (Å²) in [5.74, 6) is -1.14. The maximum Gasteiger partial charge on any atom is 0.335 e. The lowest BCUT2D eigenvalue weighted by atomic mass is 10.1. The van der Waals surface area contributed by atoms with Gasteiger partial charge in [0.2, 0.25) is 0 Å². The van der Waals surface area contributed by atoms with Gasteiger partial charge in [0.15, 0.2) is 0 Å². The lowest BCUT2D eigenvalue weighted by Gasteiger charge is -2.20. The number of carboxylic acids is 1. The molecule has 5 heteroatoms. The van der Waals surface area contributed by atoms with Crippen LogP contribution in [0.5, 0.6) is 5.75 Å². The van der Waals surface area contributed by atoms with Gasteiger partial charge in [0, 0.05) is 18.3 Å². The molecular formula is C16H15NO4. The molecule has 0 saturated carbocycles. The summed E-state index contributed by atoms with van der Waals surface area (Å²) in [6.07, 6.45) is 0. The van der Waals surface area contributed by atoms with Gasteiger partial charge in [0.1, 0.15) is 5.75 Å². The number of carboxylic acid groups (broad SMARTS) is 1. The van der Waals surface area contributed by atoms with E-state index in [1.54, 1.807) is 20.0 Å². The molecule has 108 valence electrons. The molecule has 0 aliphatic heterocycles. The Bertz CT molecular complexity index is 692. The fourth-order valence-corrected chi connectivity index (χ4v) is 2.07. The number of carbonyl (C=O) groups is 2. The van der Waals surface area contributed by atoms with E-state index in [-0.39, 0.29) is 17.2 Å². The molecule has 0 aliphatic carbocycles. The number of aryl methyl sites for hydroxylation is 1. The Kier molecular flexibility index (Phi) is 3.93. The highest BCUT2D eigenvalue weighted by Crippen LogP contribution is 2.22. The number of hydrogen-bond acceptors (Lipinski definition) is 3.